The zero-order valence-electron chi connectivity index (χ0n) is 21.7. The van der Waals surface area contributed by atoms with E-state index in [2.05, 4.69) is 5.32 Å². The van der Waals surface area contributed by atoms with E-state index in [1.54, 1.807) is 37.3 Å². The molecule has 1 N–H and O–H groups in total. The molecule has 2 atom stereocenters. The van der Waals surface area contributed by atoms with Crippen molar-refractivity contribution in [2.75, 3.05) is 18.4 Å². The molecule has 200 valence electrons. The van der Waals surface area contributed by atoms with E-state index in [0.717, 1.165) is 36.1 Å². The Morgan fingerprint density at radius 3 is 2.32 bits per heavy atom. The molecule has 0 saturated heterocycles. The zero-order valence-corrected chi connectivity index (χ0v) is 23.3. The van der Waals surface area contributed by atoms with E-state index in [0.29, 0.717) is 24.3 Å². The van der Waals surface area contributed by atoms with Crippen molar-refractivity contribution in [3.8, 4) is 0 Å². The summed E-state index contributed by atoms with van der Waals surface area (Å²) in [6, 6.07) is 17.4. The number of sulfonamides is 1. The van der Waals surface area contributed by atoms with Crippen LogP contribution in [-0.2, 0) is 14.8 Å². The number of carbonyl (C=O) groups is 2. The van der Waals surface area contributed by atoms with Crippen LogP contribution in [0.15, 0.2) is 70.9 Å². The van der Waals surface area contributed by atoms with Crippen LogP contribution in [0.3, 0.4) is 0 Å². The Balaban J connectivity index is 1.50. The number of fused-ring (bicyclic) bond motifs is 1. The van der Waals surface area contributed by atoms with Gasteiger partial charge in [-0.25, -0.2) is 8.42 Å². The molecule has 1 aromatic heterocycles. The molecule has 0 spiro atoms. The van der Waals surface area contributed by atoms with Gasteiger partial charge in [-0.3, -0.25) is 9.59 Å². The first-order valence-corrected chi connectivity index (χ1v) is 15.5. The van der Waals surface area contributed by atoms with Gasteiger partial charge in [0.15, 0.2) is 0 Å². The van der Waals surface area contributed by atoms with Crippen LogP contribution in [0.1, 0.15) is 72.3 Å². The van der Waals surface area contributed by atoms with Crippen LogP contribution in [0.25, 0.3) is 0 Å². The van der Waals surface area contributed by atoms with Gasteiger partial charge in [0.2, 0.25) is 15.9 Å². The minimum absolute atomic E-state index is 0.0130. The smallest absolute Gasteiger partial charge is 0.254 e. The monoisotopic (exact) mass is 551 g/mol. The van der Waals surface area contributed by atoms with E-state index in [4.69, 9.17) is 0 Å². The number of carbonyl (C=O) groups excluding carboxylic acids is 2. The van der Waals surface area contributed by atoms with Crippen LogP contribution < -0.4 is 5.32 Å². The predicted molar refractivity (Wildman–Crippen MR) is 150 cm³/mol. The Bertz CT molecular complexity index is 1390. The van der Waals surface area contributed by atoms with Gasteiger partial charge in [0.1, 0.15) is 0 Å². The summed E-state index contributed by atoms with van der Waals surface area (Å²) in [6.45, 7) is 4.39. The molecule has 1 aliphatic carbocycles. The molecule has 1 fully saturated rings. The van der Waals surface area contributed by atoms with Gasteiger partial charge in [-0.1, -0.05) is 51.0 Å². The van der Waals surface area contributed by atoms with Crippen LogP contribution >= 0.6 is 11.3 Å². The second kappa shape index (κ2) is 11.0. The number of thiophene rings is 1. The third kappa shape index (κ3) is 4.79. The zero-order chi connectivity index (χ0) is 26.9. The van der Waals surface area contributed by atoms with Crippen molar-refractivity contribution in [3.05, 3.63) is 82.0 Å². The van der Waals surface area contributed by atoms with Gasteiger partial charge in [-0.15, -0.1) is 11.3 Å². The number of benzene rings is 2. The maximum atomic E-state index is 14.0. The van der Waals surface area contributed by atoms with Crippen LogP contribution in [0.2, 0.25) is 0 Å². The molecule has 0 bridgehead atoms. The van der Waals surface area contributed by atoms with Gasteiger partial charge in [0.05, 0.1) is 16.9 Å². The maximum Gasteiger partial charge on any atom is 0.254 e. The van der Waals surface area contributed by atoms with E-state index >= 15 is 0 Å². The van der Waals surface area contributed by atoms with Crippen LogP contribution in [0.5, 0.6) is 0 Å². The van der Waals surface area contributed by atoms with Crippen LogP contribution in [-0.4, -0.2) is 48.6 Å². The molecule has 2 amide bonds. The van der Waals surface area contributed by atoms with E-state index < -0.39 is 22.0 Å². The number of rotatable bonds is 8. The van der Waals surface area contributed by atoms with Crippen LogP contribution in [0.4, 0.5) is 5.69 Å². The highest BCUT2D eigenvalue weighted by Gasteiger charge is 2.47. The molecule has 3 aromatic rings. The molecule has 2 aliphatic rings. The lowest BCUT2D eigenvalue weighted by Gasteiger charge is -2.44. The normalized spacial score (nSPS) is 20.1. The highest BCUT2D eigenvalue weighted by Crippen LogP contribution is 2.47. The van der Waals surface area contributed by atoms with Gasteiger partial charge in [-0.2, -0.15) is 4.31 Å². The second-order valence-corrected chi connectivity index (χ2v) is 12.7. The first-order valence-electron chi connectivity index (χ1n) is 13.2. The number of anilines is 1. The van der Waals surface area contributed by atoms with Crippen molar-refractivity contribution in [1.29, 1.82) is 0 Å². The fourth-order valence-electron chi connectivity index (χ4n) is 5.82. The largest absolute Gasteiger partial charge is 0.327 e. The molecule has 9 heteroatoms. The Labute approximate surface area is 228 Å². The summed E-state index contributed by atoms with van der Waals surface area (Å²) in [6.07, 6.45) is 4.03. The van der Waals surface area contributed by atoms with Crippen LogP contribution in [0, 0.1) is 0 Å². The molecule has 38 heavy (non-hydrogen) atoms. The highest BCUT2D eigenvalue weighted by atomic mass is 32.2. The molecule has 5 rings (SSSR count). The Kier molecular flexibility index (Phi) is 7.70. The first kappa shape index (κ1) is 26.6. The van der Waals surface area contributed by atoms with E-state index in [1.165, 1.54) is 16.4 Å². The van der Waals surface area contributed by atoms with Gasteiger partial charge in [0, 0.05) is 35.3 Å². The molecular formula is C29H33N3O4S2. The molecule has 0 unspecified atom stereocenters. The minimum Gasteiger partial charge on any atom is -0.327 e. The highest BCUT2D eigenvalue weighted by molar-refractivity contribution is 7.89. The topological polar surface area (TPSA) is 86.8 Å². The second-order valence-electron chi connectivity index (χ2n) is 9.78. The standard InChI is InChI=1S/C29H33N3O4S2/c1-3-31(4-2)38(35,36)22-17-15-20(16-18-22)30-28(33)26-23-12-7-8-13-24(23)29(34)32(21-10-5-6-11-21)27(26)25-14-9-19-37-25/h7-9,12-19,21,26-27H,3-6,10-11H2,1-2H3,(H,30,33)/t26-,27-/m0/s1. The molecular weight excluding hydrogens is 518 g/mol. The van der Waals surface area contributed by atoms with Gasteiger partial charge in [0.25, 0.3) is 5.91 Å². The van der Waals surface area contributed by atoms with Crippen molar-refractivity contribution < 1.29 is 18.0 Å². The van der Waals surface area contributed by atoms with Gasteiger partial charge in [-0.05, 0) is 60.2 Å². The fourth-order valence-corrected chi connectivity index (χ4v) is 8.14. The third-order valence-corrected chi connectivity index (χ3v) is 10.7. The Morgan fingerprint density at radius 2 is 1.68 bits per heavy atom. The molecule has 1 saturated carbocycles. The molecule has 2 aromatic carbocycles. The summed E-state index contributed by atoms with van der Waals surface area (Å²) >= 11 is 1.56. The van der Waals surface area contributed by atoms with Gasteiger partial charge >= 0.3 is 0 Å². The number of nitrogens with zero attached hydrogens (tertiary/aromatic N) is 2. The average Bonchev–Trinajstić information content (AvgIpc) is 3.64. The predicted octanol–water partition coefficient (Wildman–Crippen LogP) is 5.64. The molecule has 0 radical (unpaired) electrons. The quantitative estimate of drug-likeness (QED) is 0.393. The molecule has 2 heterocycles. The van der Waals surface area contributed by atoms with Crippen molar-refractivity contribution in [1.82, 2.24) is 9.21 Å². The van der Waals surface area contributed by atoms with Crippen molar-refractivity contribution in [3.63, 3.8) is 0 Å². The first-order chi connectivity index (χ1) is 18.4. The summed E-state index contributed by atoms with van der Waals surface area (Å²) in [5.74, 6) is -0.825. The summed E-state index contributed by atoms with van der Waals surface area (Å²) in [7, 11) is -3.59. The number of hydrogen-bond donors (Lipinski definition) is 1. The lowest BCUT2D eigenvalue weighted by molar-refractivity contribution is -0.119. The number of amides is 2. The Morgan fingerprint density at radius 1 is 1.00 bits per heavy atom. The van der Waals surface area contributed by atoms with Crippen molar-refractivity contribution in [2.24, 2.45) is 0 Å². The van der Waals surface area contributed by atoms with Gasteiger partial charge < -0.3 is 10.2 Å². The summed E-state index contributed by atoms with van der Waals surface area (Å²) in [5, 5.41) is 5.01. The Hall–Kier alpha value is -3.01. The summed E-state index contributed by atoms with van der Waals surface area (Å²) in [4.78, 5) is 31.0. The van der Waals surface area contributed by atoms with Crippen molar-refractivity contribution in [2.45, 2.75) is 62.4 Å². The van der Waals surface area contributed by atoms with Crippen molar-refractivity contribution >= 4 is 38.9 Å². The van der Waals surface area contributed by atoms with E-state index in [1.807, 2.05) is 46.7 Å². The van der Waals surface area contributed by atoms with E-state index in [9.17, 15) is 18.0 Å². The SMILES string of the molecule is CCN(CC)S(=O)(=O)c1ccc(NC(=O)[C@H]2c3ccccc3C(=O)N(C3CCCC3)[C@H]2c2cccs2)cc1. The third-order valence-electron chi connectivity index (χ3n) is 7.68. The molecule has 1 aliphatic heterocycles. The van der Waals surface area contributed by atoms with E-state index in [-0.39, 0.29) is 22.8 Å². The number of nitrogens with one attached hydrogen (secondary N) is 1. The molecule has 7 nitrogen and oxygen atoms in total. The fraction of sp³-hybridized carbons (Fsp3) is 0.379. The number of hydrogen-bond acceptors (Lipinski definition) is 5. The maximum absolute atomic E-state index is 14.0. The minimum atomic E-state index is -3.59. The lowest BCUT2D eigenvalue weighted by atomic mass is 9.80. The summed E-state index contributed by atoms with van der Waals surface area (Å²) in [5.41, 5.74) is 1.82. The average molecular weight is 552 g/mol. The summed E-state index contributed by atoms with van der Waals surface area (Å²) < 4.78 is 27.2. The lowest BCUT2D eigenvalue weighted by Crippen LogP contribution is -2.49.